The molecule has 0 saturated heterocycles. The Morgan fingerprint density at radius 2 is 1.67 bits per heavy atom. The van der Waals surface area contributed by atoms with Crippen LogP contribution in [0.3, 0.4) is 0 Å². The third-order valence-electron chi connectivity index (χ3n) is 0.690. The molecule has 2 nitrogen and oxygen atoms in total. The van der Waals surface area contributed by atoms with Crippen LogP contribution < -0.4 is 0 Å². The number of aryl methyl sites for hydroxylation is 1. The monoisotopic (exact) mass is 142 g/mol. The van der Waals surface area contributed by atoms with Crippen LogP contribution >= 0.6 is 12.6 Å². The summed E-state index contributed by atoms with van der Waals surface area (Å²) in [6, 6.07) is 0. The van der Waals surface area contributed by atoms with Gasteiger partial charge in [0.15, 0.2) is 0 Å². The first-order chi connectivity index (χ1) is 4.39. The fourth-order valence-corrected chi connectivity index (χ4v) is 0.374. The highest BCUT2D eigenvalue weighted by atomic mass is 32.1. The second-order valence-corrected chi connectivity index (χ2v) is 1.42. The highest BCUT2D eigenvalue weighted by Crippen LogP contribution is 1.84. The van der Waals surface area contributed by atoms with Crippen LogP contribution in [0.2, 0.25) is 0 Å². The Labute approximate surface area is 60.8 Å². The molecule has 0 amide bonds. The lowest BCUT2D eigenvalue weighted by atomic mass is 10.4. The van der Waals surface area contributed by atoms with Crippen molar-refractivity contribution in [2.45, 2.75) is 6.92 Å². The molecule has 1 aromatic heterocycles. The molecule has 3 heteroatoms. The van der Waals surface area contributed by atoms with Crippen LogP contribution in [0.4, 0.5) is 0 Å². The Morgan fingerprint density at radius 1 is 1.22 bits per heavy atom. The molecule has 0 fully saturated rings. The van der Waals surface area contributed by atoms with E-state index in [4.69, 9.17) is 0 Å². The third-order valence-corrected chi connectivity index (χ3v) is 0.690. The minimum atomic E-state index is 1.10. The fourth-order valence-electron chi connectivity index (χ4n) is 0.374. The summed E-state index contributed by atoms with van der Waals surface area (Å²) in [4.78, 5) is 7.55. The number of thiol groups is 1. The molecule has 0 atom stereocenters. The minimum absolute atomic E-state index is 1.10. The summed E-state index contributed by atoms with van der Waals surface area (Å²) < 4.78 is 0. The van der Waals surface area contributed by atoms with Crippen molar-refractivity contribution in [3.05, 3.63) is 24.3 Å². The van der Waals surface area contributed by atoms with Crippen molar-refractivity contribution in [2.24, 2.45) is 0 Å². The molecule has 0 spiro atoms. The minimum Gasteiger partial charge on any atom is -0.245 e. The highest BCUT2D eigenvalue weighted by Gasteiger charge is 1.74. The maximum absolute atomic E-state index is 3.77. The van der Waals surface area contributed by atoms with Gasteiger partial charge in [0, 0.05) is 12.4 Å². The topological polar surface area (TPSA) is 25.8 Å². The van der Waals surface area contributed by atoms with E-state index < -0.39 is 0 Å². The maximum atomic E-state index is 3.77. The molecule has 1 rings (SSSR count). The highest BCUT2D eigenvalue weighted by molar-refractivity contribution is 7.79. The Kier molecular flexibility index (Phi) is 5.21. The maximum Gasteiger partial charge on any atom is 0.115 e. The van der Waals surface area contributed by atoms with E-state index in [1.54, 1.807) is 18.6 Å². The van der Waals surface area contributed by atoms with Gasteiger partial charge < -0.3 is 0 Å². The largest absolute Gasteiger partial charge is 0.245 e. The summed E-state index contributed by atoms with van der Waals surface area (Å²) in [5, 5.41) is 0. The smallest absolute Gasteiger partial charge is 0.115 e. The van der Waals surface area contributed by atoms with E-state index in [1.807, 2.05) is 6.92 Å². The molecule has 1 aromatic rings. The summed E-state index contributed by atoms with van der Waals surface area (Å²) >= 11 is 3.53. The van der Waals surface area contributed by atoms with Crippen LogP contribution in [-0.4, -0.2) is 16.2 Å². The summed E-state index contributed by atoms with van der Waals surface area (Å²) in [7, 11) is 0. The summed E-state index contributed by atoms with van der Waals surface area (Å²) in [6.07, 6.45) is 6.76. The average molecular weight is 142 g/mol. The van der Waals surface area contributed by atoms with Crippen molar-refractivity contribution >= 4 is 12.6 Å². The Hall–Kier alpha value is -0.570. The molecule has 0 aliphatic heterocycles. The van der Waals surface area contributed by atoms with Gasteiger partial charge in [-0.1, -0.05) is 0 Å². The molecule has 9 heavy (non-hydrogen) atoms. The van der Waals surface area contributed by atoms with Gasteiger partial charge in [-0.25, -0.2) is 9.97 Å². The normalized spacial score (nSPS) is 7.44. The van der Waals surface area contributed by atoms with Crippen LogP contribution in [0.25, 0.3) is 0 Å². The molecular weight excluding hydrogens is 132 g/mol. The predicted molar refractivity (Wildman–Crippen MR) is 41.7 cm³/mol. The lowest BCUT2D eigenvalue weighted by Crippen LogP contribution is -1.75. The molecular formula is C6H10N2S. The first kappa shape index (κ1) is 8.43. The predicted octanol–water partition coefficient (Wildman–Crippen LogP) is 1.33. The van der Waals surface area contributed by atoms with E-state index in [0.717, 1.165) is 5.56 Å². The van der Waals surface area contributed by atoms with Gasteiger partial charge in [0.05, 0.1) is 0 Å². The molecule has 1 heterocycles. The van der Waals surface area contributed by atoms with Gasteiger partial charge in [-0.05, 0) is 18.7 Å². The van der Waals surface area contributed by atoms with E-state index in [2.05, 4.69) is 22.6 Å². The molecule has 0 N–H and O–H groups in total. The SMILES string of the molecule is CS.Cc1cncnc1. The molecule has 0 aliphatic rings. The van der Waals surface area contributed by atoms with E-state index in [-0.39, 0.29) is 0 Å². The van der Waals surface area contributed by atoms with Crippen molar-refractivity contribution in [3.63, 3.8) is 0 Å². The van der Waals surface area contributed by atoms with E-state index in [1.165, 1.54) is 6.33 Å². The Bertz CT molecular complexity index is 141. The third kappa shape index (κ3) is 3.97. The lowest BCUT2D eigenvalue weighted by Gasteiger charge is -1.81. The molecule has 0 radical (unpaired) electrons. The summed E-state index contributed by atoms with van der Waals surface area (Å²) in [5.74, 6) is 0. The van der Waals surface area contributed by atoms with Crippen LogP contribution in [0.15, 0.2) is 18.7 Å². The number of nitrogens with zero attached hydrogens (tertiary/aromatic N) is 2. The first-order valence-electron chi connectivity index (χ1n) is 2.56. The van der Waals surface area contributed by atoms with E-state index in [0.29, 0.717) is 0 Å². The lowest BCUT2D eigenvalue weighted by molar-refractivity contribution is 1.13. The molecule has 0 bridgehead atoms. The summed E-state index contributed by atoms with van der Waals surface area (Å²) in [6.45, 7) is 1.96. The van der Waals surface area contributed by atoms with Crippen LogP contribution in [-0.2, 0) is 0 Å². The van der Waals surface area contributed by atoms with Crippen LogP contribution in [0, 0.1) is 6.92 Å². The van der Waals surface area contributed by atoms with Crippen molar-refractivity contribution in [3.8, 4) is 0 Å². The van der Waals surface area contributed by atoms with Gasteiger partial charge in [0.2, 0.25) is 0 Å². The standard InChI is InChI=1S/C5H6N2.CH4S/c1-5-2-6-4-7-3-5;1-2/h2-4H,1H3;2H,1H3. The van der Waals surface area contributed by atoms with Gasteiger partial charge in [0.25, 0.3) is 0 Å². The molecule has 0 aliphatic carbocycles. The number of rotatable bonds is 0. The number of hydrogen-bond donors (Lipinski definition) is 1. The zero-order valence-electron chi connectivity index (χ0n) is 5.57. The van der Waals surface area contributed by atoms with Crippen LogP contribution in [0.1, 0.15) is 5.56 Å². The van der Waals surface area contributed by atoms with Gasteiger partial charge in [-0.15, -0.1) is 0 Å². The van der Waals surface area contributed by atoms with Gasteiger partial charge in [0.1, 0.15) is 6.33 Å². The zero-order chi connectivity index (χ0) is 7.11. The second-order valence-electron chi connectivity index (χ2n) is 1.42. The first-order valence-corrected chi connectivity index (χ1v) is 3.45. The molecule has 50 valence electrons. The van der Waals surface area contributed by atoms with Crippen LogP contribution in [0.5, 0.6) is 0 Å². The second kappa shape index (κ2) is 5.56. The Morgan fingerprint density at radius 3 is 1.89 bits per heavy atom. The van der Waals surface area contributed by atoms with Crippen molar-refractivity contribution in [1.29, 1.82) is 0 Å². The zero-order valence-corrected chi connectivity index (χ0v) is 6.47. The van der Waals surface area contributed by atoms with Gasteiger partial charge >= 0.3 is 0 Å². The van der Waals surface area contributed by atoms with E-state index >= 15 is 0 Å². The van der Waals surface area contributed by atoms with Crippen molar-refractivity contribution in [2.75, 3.05) is 6.26 Å². The number of hydrogen-bond acceptors (Lipinski definition) is 3. The summed E-state index contributed by atoms with van der Waals surface area (Å²) in [5.41, 5.74) is 1.10. The quantitative estimate of drug-likeness (QED) is 0.553. The van der Waals surface area contributed by atoms with Gasteiger partial charge in [-0.2, -0.15) is 12.6 Å². The average Bonchev–Trinajstić information content (AvgIpc) is 1.94. The molecule has 0 saturated carbocycles. The van der Waals surface area contributed by atoms with Gasteiger partial charge in [-0.3, -0.25) is 0 Å². The number of aromatic nitrogens is 2. The molecule has 0 aromatic carbocycles. The van der Waals surface area contributed by atoms with Crippen molar-refractivity contribution < 1.29 is 0 Å². The van der Waals surface area contributed by atoms with E-state index in [9.17, 15) is 0 Å². The Balaban J connectivity index is 0.000000291. The fraction of sp³-hybridized carbons (Fsp3) is 0.333. The molecule has 0 unspecified atom stereocenters. The van der Waals surface area contributed by atoms with Crippen molar-refractivity contribution in [1.82, 2.24) is 9.97 Å².